The average molecular weight is 561 g/mol. The highest BCUT2D eigenvalue weighted by molar-refractivity contribution is 6.11. The van der Waals surface area contributed by atoms with Gasteiger partial charge in [0.15, 0.2) is 34.6 Å². The molecule has 4 aromatic rings. The maximum absolute atomic E-state index is 15.1. The van der Waals surface area contributed by atoms with Crippen LogP contribution in [0.25, 0.3) is 0 Å². The Morgan fingerprint density at radius 1 is 0.595 bits per heavy atom. The van der Waals surface area contributed by atoms with Crippen molar-refractivity contribution in [3.05, 3.63) is 118 Å². The quantitative estimate of drug-likeness (QED) is 0.264. The van der Waals surface area contributed by atoms with Crippen molar-refractivity contribution in [3.63, 3.8) is 0 Å². The number of fused-ring (bicyclic) bond motifs is 4. The summed E-state index contributed by atoms with van der Waals surface area (Å²) in [6.07, 6.45) is 0.490. The molecule has 0 aliphatic heterocycles. The third-order valence-corrected chi connectivity index (χ3v) is 9.78. The number of Topliss-reactive ketones (excluding diaryl/α,β-unsaturated/α-hetero) is 2. The van der Waals surface area contributed by atoms with Crippen LogP contribution in [0.2, 0.25) is 0 Å². The summed E-state index contributed by atoms with van der Waals surface area (Å²) in [6.45, 7) is 0. The smallest absolute Gasteiger partial charge is 0.171 e. The van der Waals surface area contributed by atoms with E-state index in [1.54, 1.807) is 28.4 Å². The third-order valence-electron chi connectivity index (χ3n) is 9.78. The Kier molecular flexibility index (Phi) is 6.12. The van der Waals surface area contributed by atoms with E-state index in [0.29, 0.717) is 40.5 Å². The summed E-state index contributed by atoms with van der Waals surface area (Å²) in [5.74, 6) is 0.993. The maximum Gasteiger partial charge on any atom is 0.171 e. The molecule has 7 rings (SSSR count). The first-order valence-electron chi connectivity index (χ1n) is 14.2. The molecule has 0 heterocycles. The molecular weight excluding hydrogens is 528 g/mol. The van der Waals surface area contributed by atoms with Crippen LogP contribution in [-0.2, 0) is 6.42 Å². The molecule has 1 saturated carbocycles. The minimum Gasteiger partial charge on any atom is -0.493 e. The first kappa shape index (κ1) is 26.3. The van der Waals surface area contributed by atoms with E-state index in [0.717, 1.165) is 22.3 Å². The lowest BCUT2D eigenvalue weighted by Crippen LogP contribution is -2.38. The van der Waals surface area contributed by atoms with Gasteiger partial charge in [-0.1, -0.05) is 60.7 Å². The van der Waals surface area contributed by atoms with E-state index in [1.807, 2.05) is 60.7 Å². The summed E-state index contributed by atoms with van der Waals surface area (Å²) in [5, 5.41) is 0. The normalized spacial score (nSPS) is 25.2. The third kappa shape index (κ3) is 3.44. The van der Waals surface area contributed by atoms with Gasteiger partial charge in [-0.15, -0.1) is 0 Å². The fourth-order valence-electron chi connectivity index (χ4n) is 8.26. The minimum atomic E-state index is -0.905. The van der Waals surface area contributed by atoms with Crippen molar-refractivity contribution in [2.75, 3.05) is 28.4 Å². The first-order chi connectivity index (χ1) is 20.5. The number of carbonyl (C=O) groups is 2. The van der Waals surface area contributed by atoms with Gasteiger partial charge in [-0.3, -0.25) is 9.59 Å². The van der Waals surface area contributed by atoms with E-state index < -0.39 is 11.3 Å². The lowest BCUT2D eigenvalue weighted by Gasteiger charge is -2.38. The second-order valence-electron chi connectivity index (χ2n) is 11.4. The molecule has 4 aromatic carbocycles. The molecule has 0 saturated heterocycles. The van der Waals surface area contributed by atoms with Crippen molar-refractivity contribution in [2.45, 2.75) is 24.2 Å². The Bertz CT molecular complexity index is 1710. The molecule has 0 unspecified atom stereocenters. The zero-order valence-corrected chi connectivity index (χ0v) is 24.0. The summed E-state index contributed by atoms with van der Waals surface area (Å²) in [7, 11) is 6.37. The highest BCUT2D eigenvalue weighted by Gasteiger charge is 2.70. The average Bonchev–Trinajstić information content (AvgIpc) is 3.60. The summed E-state index contributed by atoms with van der Waals surface area (Å²) >= 11 is 0. The van der Waals surface area contributed by atoms with Gasteiger partial charge in [0, 0.05) is 34.8 Å². The number of hydrogen-bond acceptors (Lipinski definition) is 6. The van der Waals surface area contributed by atoms with Gasteiger partial charge in [0.2, 0.25) is 0 Å². The monoisotopic (exact) mass is 560 g/mol. The molecule has 6 heteroatoms. The SMILES string of the molecule is COc1cc2c(cc1OC)C(=O)[C@@]1(C2)[C@H](c2ccccc2)[C@H]2C(=O)c3cc(OC)c(OC)cc3[C@H]2[C@@H]1c1ccccc1. The fourth-order valence-corrected chi connectivity index (χ4v) is 8.26. The van der Waals surface area contributed by atoms with Crippen LogP contribution in [0.15, 0.2) is 84.9 Å². The molecule has 1 fully saturated rings. The number of ketones is 2. The molecule has 0 amide bonds. The van der Waals surface area contributed by atoms with Crippen LogP contribution in [0.3, 0.4) is 0 Å². The van der Waals surface area contributed by atoms with Crippen LogP contribution in [0.5, 0.6) is 23.0 Å². The number of carbonyl (C=O) groups excluding carboxylic acids is 2. The number of benzene rings is 4. The van der Waals surface area contributed by atoms with Crippen molar-refractivity contribution in [1.29, 1.82) is 0 Å². The topological polar surface area (TPSA) is 71.1 Å². The zero-order chi connectivity index (χ0) is 29.2. The summed E-state index contributed by atoms with van der Waals surface area (Å²) < 4.78 is 22.6. The van der Waals surface area contributed by atoms with E-state index in [9.17, 15) is 4.79 Å². The van der Waals surface area contributed by atoms with E-state index >= 15 is 4.79 Å². The van der Waals surface area contributed by atoms with Crippen LogP contribution in [0, 0.1) is 11.3 Å². The van der Waals surface area contributed by atoms with Crippen LogP contribution in [0.1, 0.15) is 60.7 Å². The Hall–Kier alpha value is -4.58. The Balaban J connectivity index is 1.54. The Morgan fingerprint density at radius 2 is 1.07 bits per heavy atom. The minimum absolute atomic E-state index is 0.0431. The maximum atomic E-state index is 15.1. The molecule has 6 nitrogen and oxygen atoms in total. The molecular formula is C36H32O6. The van der Waals surface area contributed by atoms with E-state index in [4.69, 9.17) is 18.9 Å². The number of rotatable bonds is 6. The fraction of sp³-hybridized carbons (Fsp3) is 0.278. The number of ether oxygens (including phenoxy) is 4. The second-order valence-corrected chi connectivity index (χ2v) is 11.4. The second kappa shape index (κ2) is 9.76. The van der Waals surface area contributed by atoms with Gasteiger partial charge in [0.05, 0.1) is 33.9 Å². The van der Waals surface area contributed by atoms with Gasteiger partial charge in [-0.05, 0) is 52.9 Å². The molecule has 3 aliphatic carbocycles. The molecule has 212 valence electrons. The van der Waals surface area contributed by atoms with Crippen LogP contribution in [0.4, 0.5) is 0 Å². The number of hydrogen-bond donors (Lipinski definition) is 0. The standard InChI is InChI=1S/C36H32O6/c1-39-26-15-22-19-36(35(38)23(22)16-27(26)40-2)32(20-11-7-5-8-12-20)30-24-17-28(41-3)29(42-4)18-25(24)34(37)31(30)33(36)21-13-9-6-10-14-21/h5-18,30-33H,19H2,1-4H3/t30-,31+,32+,33-,36-/m1/s1. The summed E-state index contributed by atoms with van der Waals surface area (Å²) in [5.41, 5.74) is 4.23. The van der Waals surface area contributed by atoms with Gasteiger partial charge in [-0.25, -0.2) is 0 Å². The van der Waals surface area contributed by atoms with E-state index in [-0.39, 0.29) is 29.3 Å². The molecule has 3 aliphatic rings. The molecule has 42 heavy (non-hydrogen) atoms. The van der Waals surface area contributed by atoms with Gasteiger partial charge >= 0.3 is 0 Å². The largest absolute Gasteiger partial charge is 0.493 e. The first-order valence-corrected chi connectivity index (χ1v) is 14.2. The van der Waals surface area contributed by atoms with Crippen molar-refractivity contribution < 1.29 is 28.5 Å². The predicted molar refractivity (Wildman–Crippen MR) is 158 cm³/mol. The van der Waals surface area contributed by atoms with E-state index in [2.05, 4.69) is 24.3 Å². The lowest BCUT2D eigenvalue weighted by atomic mass is 9.62. The van der Waals surface area contributed by atoms with Crippen molar-refractivity contribution in [3.8, 4) is 23.0 Å². The van der Waals surface area contributed by atoms with Crippen molar-refractivity contribution >= 4 is 11.6 Å². The molecule has 5 atom stereocenters. The summed E-state index contributed by atoms with van der Waals surface area (Å²) in [6, 6.07) is 27.8. The molecule has 0 bridgehead atoms. The zero-order valence-electron chi connectivity index (χ0n) is 24.0. The number of methoxy groups -OCH3 is 4. The lowest BCUT2D eigenvalue weighted by molar-refractivity contribution is 0.0745. The van der Waals surface area contributed by atoms with Gasteiger partial charge in [-0.2, -0.15) is 0 Å². The predicted octanol–water partition coefficient (Wildman–Crippen LogP) is 6.62. The van der Waals surface area contributed by atoms with Crippen molar-refractivity contribution in [2.24, 2.45) is 11.3 Å². The van der Waals surface area contributed by atoms with Gasteiger partial charge in [0.1, 0.15) is 0 Å². The Labute approximate surface area is 245 Å². The van der Waals surface area contributed by atoms with Gasteiger partial charge < -0.3 is 18.9 Å². The highest BCUT2D eigenvalue weighted by atomic mass is 16.5. The molecule has 0 aromatic heterocycles. The van der Waals surface area contributed by atoms with Gasteiger partial charge in [0.25, 0.3) is 0 Å². The van der Waals surface area contributed by atoms with E-state index in [1.165, 1.54) is 0 Å². The van der Waals surface area contributed by atoms with Crippen LogP contribution in [-0.4, -0.2) is 40.0 Å². The van der Waals surface area contributed by atoms with Crippen molar-refractivity contribution in [1.82, 2.24) is 0 Å². The summed E-state index contributed by atoms with van der Waals surface area (Å²) in [4.78, 5) is 29.7. The molecule has 0 radical (unpaired) electrons. The highest BCUT2D eigenvalue weighted by Crippen LogP contribution is 2.73. The Morgan fingerprint density at radius 3 is 1.62 bits per heavy atom. The van der Waals surface area contributed by atoms with Crippen LogP contribution >= 0.6 is 0 Å². The molecule has 1 spiro atoms. The molecule has 0 N–H and O–H groups in total. The van der Waals surface area contributed by atoms with Crippen LogP contribution < -0.4 is 18.9 Å².